The van der Waals surface area contributed by atoms with Crippen molar-refractivity contribution in [2.75, 3.05) is 14.2 Å². The van der Waals surface area contributed by atoms with Crippen LogP contribution in [0.3, 0.4) is 0 Å². The van der Waals surface area contributed by atoms with Crippen LogP contribution in [0.5, 0.6) is 17.2 Å². The summed E-state index contributed by atoms with van der Waals surface area (Å²) in [6, 6.07) is 9.78. The normalized spacial score (nSPS) is 11.1. The molecule has 0 bridgehead atoms. The smallest absolute Gasteiger partial charge is 0.343 e. The molecular formula is C16H17BrO5S. The second kappa shape index (κ2) is 7.23. The molecule has 0 N–H and O–H groups in total. The summed E-state index contributed by atoms with van der Waals surface area (Å²) in [5.41, 5.74) is 1.10. The van der Waals surface area contributed by atoms with Crippen molar-refractivity contribution in [3.8, 4) is 17.2 Å². The Balaban J connectivity index is 2.41. The Morgan fingerprint density at radius 3 is 2.13 bits per heavy atom. The molecule has 23 heavy (non-hydrogen) atoms. The number of hydrogen-bond donors (Lipinski definition) is 0. The minimum atomic E-state index is -4.05. The van der Waals surface area contributed by atoms with Crippen molar-refractivity contribution < 1.29 is 22.1 Å². The molecule has 0 fully saturated rings. The predicted molar refractivity (Wildman–Crippen MR) is 90.9 cm³/mol. The van der Waals surface area contributed by atoms with Crippen LogP contribution in [0, 0.1) is 0 Å². The van der Waals surface area contributed by atoms with Crippen molar-refractivity contribution in [3.63, 3.8) is 0 Å². The van der Waals surface area contributed by atoms with Gasteiger partial charge in [0.05, 0.1) is 18.7 Å². The largest absolute Gasteiger partial charge is 0.496 e. The number of halogens is 1. The molecule has 0 amide bonds. The van der Waals surface area contributed by atoms with Crippen LogP contribution in [0.25, 0.3) is 0 Å². The lowest BCUT2D eigenvalue weighted by molar-refractivity contribution is 0.386. The number of ether oxygens (including phenoxy) is 2. The molecule has 0 saturated carbocycles. The van der Waals surface area contributed by atoms with Crippen molar-refractivity contribution in [2.45, 2.75) is 18.2 Å². The Kier molecular flexibility index (Phi) is 5.54. The monoisotopic (exact) mass is 400 g/mol. The molecule has 2 aromatic rings. The highest BCUT2D eigenvalue weighted by molar-refractivity contribution is 9.10. The Labute approximate surface area is 144 Å². The second-order valence-electron chi connectivity index (χ2n) is 4.67. The molecule has 0 atom stereocenters. The molecule has 5 nitrogen and oxygen atoms in total. The van der Waals surface area contributed by atoms with Gasteiger partial charge in [0.2, 0.25) is 0 Å². The average molecular weight is 401 g/mol. The van der Waals surface area contributed by atoms with E-state index in [-0.39, 0.29) is 16.4 Å². The summed E-state index contributed by atoms with van der Waals surface area (Å²) in [7, 11) is -1.21. The van der Waals surface area contributed by atoms with Crippen LogP contribution >= 0.6 is 15.9 Å². The van der Waals surface area contributed by atoms with Gasteiger partial charge >= 0.3 is 10.1 Å². The van der Waals surface area contributed by atoms with Crippen molar-refractivity contribution in [2.24, 2.45) is 0 Å². The summed E-state index contributed by atoms with van der Waals surface area (Å²) in [4.78, 5) is -0.0976. The molecule has 0 aliphatic rings. The fourth-order valence-electron chi connectivity index (χ4n) is 1.98. The number of hydrogen-bond acceptors (Lipinski definition) is 5. The van der Waals surface area contributed by atoms with E-state index < -0.39 is 10.1 Å². The molecule has 2 aromatic carbocycles. The summed E-state index contributed by atoms with van der Waals surface area (Å²) in [5.74, 6) is 0.781. The van der Waals surface area contributed by atoms with Crippen molar-refractivity contribution in [3.05, 3.63) is 46.4 Å². The van der Waals surface area contributed by atoms with Gasteiger partial charge in [-0.15, -0.1) is 0 Å². The zero-order valence-corrected chi connectivity index (χ0v) is 15.4. The molecule has 0 aliphatic carbocycles. The number of aryl methyl sites for hydroxylation is 1. The van der Waals surface area contributed by atoms with Gasteiger partial charge in [-0.2, -0.15) is 8.42 Å². The van der Waals surface area contributed by atoms with E-state index in [1.54, 1.807) is 12.1 Å². The maximum atomic E-state index is 12.5. The van der Waals surface area contributed by atoms with Gasteiger partial charge in [-0.05, 0) is 46.1 Å². The molecule has 0 aromatic heterocycles. The third-order valence-corrected chi connectivity index (χ3v) is 5.13. The summed E-state index contributed by atoms with van der Waals surface area (Å²) in [6.07, 6.45) is 0.866. The van der Waals surface area contributed by atoms with Gasteiger partial charge < -0.3 is 13.7 Å². The number of methoxy groups -OCH3 is 2. The zero-order valence-electron chi connectivity index (χ0n) is 13.0. The SMILES string of the molecule is CCc1ccc(OS(=O)(=O)c2cc(OC)c(Br)cc2OC)cc1. The lowest BCUT2D eigenvalue weighted by Gasteiger charge is -2.13. The second-order valence-corrected chi connectivity index (χ2v) is 7.04. The molecule has 0 radical (unpaired) electrons. The van der Waals surface area contributed by atoms with Crippen molar-refractivity contribution in [1.82, 2.24) is 0 Å². The standard InChI is InChI=1S/C16H17BrO5S/c1-4-11-5-7-12(8-6-11)22-23(18,19)16-10-14(20-2)13(17)9-15(16)21-3/h5-10H,4H2,1-3H3. The van der Waals surface area contributed by atoms with Gasteiger partial charge in [0.1, 0.15) is 17.2 Å². The van der Waals surface area contributed by atoms with Gasteiger partial charge in [0.25, 0.3) is 0 Å². The van der Waals surface area contributed by atoms with E-state index in [4.69, 9.17) is 13.7 Å². The summed E-state index contributed by atoms with van der Waals surface area (Å²) >= 11 is 3.29. The third-order valence-electron chi connectivity index (χ3n) is 3.24. The highest BCUT2D eigenvalue weighted by Crippen LogP contribution is 2.36. The molecule has 0 heterocycles. The first-order valence-electron chi connectivity index (χ1n) is 6.86. The molecule has 0 aliphatic heterocycles. The highest BCUT2D eigenvalue weighted by atomic mass is 79.9. The van der Waals surface area contributed by atoms with Crippen LogP contribution in [0.15, 0.2) is 45.8 Å². The average Bonchev–Trinajstić information content (AvgIpc) is 2.54. The fourth-order valence-corrected chi connectivity index (χ4v) is 3.56. The fraction of sp³-hybridized carbons (Fsp3) is 0.250. The van der Waals surface area contributed by atoms with Gasteiger partial charge in [-0.3, -0.25) is 0 Å². The van der Waals surface area contributed by atoms with E-state index in [1.165, 1.54) is 26.4 Å². The van der Waals surface area contributed by atoms with Gasteiger partial charge in [0, 0.05) is 6.07 Å². The third kappa shape index (κ3) is 3.97. The Bertz CT molecular complexity index is 785. The van der Waals surface area contributed by atoms with Crippen LogP contribution < -0.4 is 13.7 Å². The Morgan fingerprint density at radius 1 is 1.00 bits per heavy atom. The Morgan fingerprint density at radius 2 is 1.61 bits per heavy atom. The maximum absolute atomic E-state index is 12.5. The first-order valence-corrected chi connectivity index (χ1v) is 9.06. The number of rotatable bonds is 6. The molecule has 0 unspecified atom stereocenters. The van der Waals surface area contributed by atoms with Crippen molar-refractivity contribution in [1.29, 1.82) is 0 Å². The van der Waals surface area contributed by atoms with Crippen LogP contribution in [-0.4, -0.2) is 22.6 Å². The van der Waals surface area contributed by atoms with E-state index in [0.29, 0.717) is 10.2 Å². The van der Waals surface area contributed by atoms with Gasteiger partial charge in [-0.1, -0.05) is 19.1 Å². The van der Waals surface area contributed by atoms with Crippen LogP contribution in [0.1, 0.15) is 12.5 Å². The van der Waals surface area contributed by atoms with E-state index in [0.717, 1.165) is 12.0 Å². The summed E-state index contributed by atoms with van der Waals surface area (Å²) < 4.78 is 41.1. The molecular weight excluding hydrogens is 384 g/mol. The highest BCUT2D eigenvalue weighted by Gasteiger charge is 2.24. The van der Waals surface area contributed by atoms with Crippen LogP contribution in [-0.2, 0) is 16.5 Å². The first-order chi connectivity index (χ1) is 10.9. The van der Waals surface area contributed by atoms with E-state index in [9.17, 15) is 8.42 Å². The predicted octanol–water partition coefficient (Wildman–Crippen LogP) is 3.80. The van der Waals surface area contributed by atoms with Gasteiger partial charge in [0.15, 0.2) is 4.90 Å². The van der Waals surface area contributed by atoms with Crippen LogP contribution in [0.4, 0.5) is 0 Å². The van der Waals surface area contributed by atoms with Gasteiger partial charge in [-0.25, -0.2) is 0 Å². The molecule has 124 valence electrons. The minimum absolute atomic E-state index is 0.0976. The van der Waals surface area contributed by atoms with E-state index in [1.807, 2.05) is 19.1 Å². The lowest BCUT2D eigenvalue weighted by atomic mass is 10.2. The quantitative estimate of drug-likeness (QED) is 0.690. The summed E-state index contributed by atoms with van der Waals surface area (Å²) in [6.45, 7) is 2.02. The molecule has 7 heteroatoms. The van der Waals surface area contributed by atoms with E-state index >= 15 is 0 Å². The molecule has 0 spiro atoms. The van der Waals surface area contributed by atoms with Crippen LogP contribution in [0.2, 0.25) is 0 Å². The minimum Gasteiger partial charge on any atom is -0.496 e. The lowest BCUT2D eigenvalue weighted by Crippen LogP contribution is -2.11. The zero-order chi connectivity index (χ0) is 17.0. The summed E-state index contributed by atoms with van der Waals surface area (Å²) in [5, 5.41) is 0. The first kappa shape index (κ1) is 17.6. The van der Waals surface area contributed by atoms with E-state index in [2.05, 4.69) is 15.9 Å². The maximum Gasteiger partial charge on any atom is 0.343 e. The van der Waals surface area contributed by atoms with Crippen molar-refractivity contribution >= 4 is 26.0 Å². The molecule has 2 rings (SSSR count). The topological polar surface area (TPSA) is 61.8 Å². The number of benzene rings is 2. The Hall–Kier alpha value is -1.73. The molecule has 0 saturated heterocycles.